The number of nitrogens with zero attached hydrogens (tertiary/aromatic N) is 2. The van der Waals surface area contributed by atoms with Crippen molar-refractivity contribution >= 4 is 55.0 Å². The van der Waals surface area contributed by atoms with Gasteiger partial charge in [-0.05, 0) is 78.3 Å². The molecule has 0 bridgehead atoms. The highest BCUT2D eigenvalue weighted by atomic mass is 79.9. The Labute approximate surface area is 228 Å². The zero-order valence-corrected chi connectivity index (χ0v) is 22.6. The first-order chi connectivity index (χ1) is 18.2. The largest absolute Gasteiger partial charge is 0.377 e. The molecule has 3 aromatic rings. The molecule has 0 spiro atoms. The fraction of sp³-hybridized carbons (Fsp3) is 0.292. The Morgan fingerprint density at radius 3 is 2.61 bits per heavy atom. The Morgan fingerprint density at radius 2 is 1.89 bits per heavy atom. The van der Waals surface area contributed by atoms with Crippen molar-refractivity contribution < 1.29 is 22.3 Å². The summed E-state index contributed by atoms with van der Waals surface area (Å²) in [7, 11) is -3.70. The van der Waals surface area contributed by atoms with Crippen molar-refractivity contribution in [3.63, 3.8) is 0 Å². The molecule has 4 rings (SSSR count). The van der Waals surface area contributed by atoms with Crippen molar-refractivity contribution in [1.82, 2.24) is 20.0 Å². The maximum Gasteiger partial charge on any atom is 0.253 e. The molecule has 38 heavy (non-hydrogen) atoms. The molecule has 0 unspecified atom stereocenters. The Bertz CT molecular complexity index is 1390. The molecule has 1 aromatic heterocycles. The van der Waals surface area contributed by atoms with Gasteiger partial charge in [-0.25, -0.2) is 22.5 Å². The van der Waals surface area contributed by atoms with E-state index in [-0.39, 0.29) is 40.6 Å². The van der Waals surface area contributed by atoms with Crippen molar-refractivity contribution in [2.24, 2.45) is 5.73 Å². The van der Waals surface area contributed by atoms with Gasteiger partial charge in [0.15, 0.2) is 0 Å². The smallest absolute Gasteiger partial charge is 0.253 e. The first-order valence-corrected chi connectivity index (χ1v) is 14.1. The molecular weight excluding hydrogens is 581 g/mol. The average molecular weight is 608 g/mol. The molecule has 11 nitrogen and oxygen atoms in total. The number of hydrogen-bond donors (Lipinski definition) is 5. The van der Waals surface area contributed by atoms with E-state index in [4.69, 9.17) is 10.5 Å². The number of nitrogens with one attached hydrogen (secondary N) is 4. The van der Waals surface area contributed by atoms with Gasteiger partial charge in [0.1, 0.15) is 11.6 Å². The second kappa shape index (κ2) is 12.6. The number of sulfonamides is 1. The number of aromatic nitrogens is 2. The van der Waals surface area contributed by atoms with E-state index in [0.717, 1.165) is 32.0 Å². The van der Waals surface area contributed by atoms with Crippen LogP contribution >= 0.6 is 15.9 Å². The van der Waals surface area contributed by atoms with Crippen molar-refractivity contribution in [3.05, 3.63) is 64.5 Å². The molecule has 1 fully saturated rings. The summed E-state index contributed by atoms with van der Waals surface area (Å²) in [6.07, 6.45) is 3.46. The second-order valence-corrected chi connectivity index (χ2v) is 11.0. The molecule has 1 saturated heterocycles. The zero-order valence-electron chi connectivity index (χ0n) is 20.2. The first kappa shape index (κ1) is 27.9. The molecule has 0 radical (unpaired) electrons. The van der Waals surface area contributed by atoms with E-state index < -0.39 is 21.7 Å². The van der Waals surface area contributed by atoms with Crippen molar-refractivity contribution in [2.45, 2.75) is 23.8 Å². The number of hydrogen-bond acceptors (Lipinski definition) is 9. The number of anilines is 4. The number of piperidine rings is 1. The van der Waals surface area contributed by atoms with Gasteiger partial charge in [0.05, 0.1) is 33.3 Å². The highest BCUT2D eigenvalue weighted by molar-refractivity contribution is 9.10. The minimum atomic E-state index is -3.70. The molecule has 0 atom stereocenters. The van der Waals surface area contributed by atoms with E-state index in [1.165, 1.54) is 30.5 Å². The van der Waals surface area contributed by atoms with E-state index in [0.29, 0.717) is 16.8 Å². The lowest BCUT2D eigenvalue weighted by atomic mass is 10.1. The van der Waals surface area contributed by atoms with Crippen LogP contribution in [0.4, 0.5) is 27.5 Å². The quantitative estimate of drug-likeness (QED) is 0.206. The Hall–Kier alpha value is -3.17. The normalized spacial score (nSPS) is 14.3. The molecular formula is C24H27BrFN7O4S. The van der Waals surface area contributed by atoms with Crippen LogP contribution in [0.25, 0.3) is 0 Å². The maximum absolute atomic E-state index is 14.1. The van der Waals surface area contributed by atoms with Gasteiger partial charge in [-0.2, -0.15) is 4.98 Å². The number of primary amides is 1. The van der Waals surface area contributed by atoms with Crippen LogP contribution in [0.3, 0.4) is 0 Å². The SMILES string of the molecule is NC(=O)c1c(F)cccc1Nc1nc(Nc2ccc(S(=O)(=O)NCCOC3CCNCC3)cc2)ncc1Br. The number of nitrogens with two attached hydrogens (primary N) is 1. The van der Waals surface area contributed by atoms with Crippen molar-refractivity contribution in [3.8, 4) is 0 Å². The van der Waals surface area contributed by atoms with E-state index in [1.54, 1.807) is 12.1 Å². The van der Waals surface area contributed by atoms with Crippen LogP contribution < -0.4 is 26.4 Å². The number of rotatable bonds is 11. The van der Waals surface area contributed by atoms with Gasteiger partial charge in [-0.3, -0.25) is 4.79 Å². The Kier molecular flexibility index (Phi) is 9.22. The molecule has 0 saturated carbocycles. The summed E-state index contributed by atoms with van der Waals surface area (Å²) in [4.78, 5) is 20.3. The maximum atomic E-state index is 14.1. The van der Waals surface area contributed by atoms with Gasteiger partial charge in [0.2, 0.25) is 16.0 Å². The van der Waals surface area contributed by atoms with Gasteiger partial charge in [-0.15, -0.1) is 0 Å². The lowest BCUT2D eigenvalue weighted by molar-refractivity contribution is 0.0367. The van der Waals surface area contributed by atoms with Gasteiger partial charge in [0, 0.05) is 18.4 Å². The molecule has 202 valence electrons. The summed E-state index contributed by atoms with van der Waals surface area (Å²) < 4.78 is 48.1. The number of ether oxygens (including phenoxy) is 1. The topological polar surface area (TPSA) is 160 Å². The molecule has 0 aliphatic carbocycles. The van der Waals surface area contributed by atoms with Crippen LogP contribution in [-0.4, -0.2) is 56.6 Å². The third-order valence-electron chi connectivity index (χ3n) is 5.71. The predicted octanol–water partition coefficient (Wildman–Crippen LogP) is 3.01. The molecule has 2 heterocycles. The van der Waals surface area contributed by atoms with Gasteiger partial charge < -0.3 is 26.4 Å². The summed E-state index contributed by atoms with van der Waals surface area (Å²) in [5.41, 5.74) is 5.70. The predicted molar refractivity (Wildman–Crippen MR) is 145 cm³/mol. The van der Waals surface area contributed by atoms with Crippen LogP contribution in [0.1, 0.15) is 23.2 Å². The third kappa shape index (κ3) is 7.23. The minimum absolute atomic E-state index is 0.106. The second-order valence-electron chi connectivity index (χ2n) is 8.41. The molecule has 1 aliphatic heterocycles. The first-order valence-electron chi connectivity index (χ1n) is 11.8. The lowest BCUT2D eigenvalue weighted by Gasteiger charge is -2.22. The highest BCUT2D eigenvalue weighted by Crippen LogP contribution is 2.28. The van der Waals surface area contributed by atoms with E-state index in [2.05, 4.69) is 46.6 Å². The van der Waals surface area contributed by atoms with Gasteiger partial charge in [0.25, 0.3) is 5.91 Å². The monoisotopic (exact) mass is 607 g/mol. The van der Waals surface area contributed by atoms with E-state index in [9.17, 15) is 17.6 Å². The zero-order chi connectivity index (χ0) is 27.1. The number of carbonyl (C=O) groups is 1. The summed E-state index contributed by atoms with van der Waals surface area (Å²) in [6, 6.07) is 10.1. The summed E-state index contributed by atoms with van der Waals surface area (Å²) in [6.45, 7) is 2.29. The van der Waals surface area contributed by atoms with Gasteiger partial charge in [-0.1, -0.05) is 6.07 Å². The van der Waals surface area contributed by atoms with Gasteiger partial charge >= 0.3 is 0 Å². The summed E-state index contributed by atoms with van der Waals surface area (Å²) >= 11 is 3.32. The Balaban J connectivity index is 1.38. The molecule has 1 aliphatic rings. The highest BCUT2D eigenvalue weighted by Gasteiger charge is 2.17. The van der Waals surface area contributed by atoms with Crippen molar-refractivity contribution in [2.75, 3.05) is 36.9 Å². The fourth-order valence-corrected chi connectivity index (χ4v) is 5.12. The van der Waals surface area contributed by atoms with Crippen LogP contribution in [0, 0.1) is 5.82 Å². The fourth-order valence-electron chi connectivity index (χ4n) is 3.81. The van der Waals surface area contributed by atoms with Crippen LogP contribution in [0.15, 0.2) is 58.0 Å². The molecule has 14 heteroatoms. The number of halogens is 2. The van der Waals surface area contributed by atoms with E-state index >= 15 is 0 Å². The number of benzene rings is 2. The summed E-state index contributed by atoms with van der Waals surface area (Å²) in [5, 5.41) is 9.12. The third-order valence-corrected chi connectivity index (χ3v) is 7.77. The number of carbonyl (C=O) groups excluding carboxylic acids is 1. The van der Waals surface area contributed by atoms with Crippen LogP contribution in [0.2, 0.25) is 0 Å². The number of amides is 1. The molecule has 6 N–H and O–H groups in total. The minimum Gasteiger partial charge on any atom is -0.377 e. The lowest BCUT2D eigenvalue weighted by Crippen LogP contribution is -2.34. The Morgan fingerprint density at radius 1 is 1.16 bits per heavy atom. The van der Waals surface area contributed by atoms with Crippen LogP contribution in [0.5, 0.6) is 0 Å². The average Bonchev–Trinajstić information content (AvgIpc) is 2.89. The standard InChI is InChI=1S/C24H27BrFN7O4S/c25-18-14-29-24(33-23(18)32-20-3-1-2-19(26)21(20)22(27)34)31-15-4-6-17(7-5-15)38(35,36)30-12-13-37-16-8-10-28-11-9-16/h1-7,14,16,28,30H,8-13H2,(H2,27,34)(H2,29,31,32,33). The molecule has 2 aromatic carbocycles. The van der Waals surface area contributed by atoms with E-state index in [1.807, 2.05) is 0 Å². The van der Waals surface area contributed by atoms with Crippen LogP contribution in [-0.2, 0) is 14.8 Å². The van der Waals surface area contributed by atoms with Crippen molar-refractivity contribution in [1.29, 1.82) is 0 Å². The summed E-state index contributed by atoms with van der Waals surface area (Å²) in [5.74, 6) is -1.25. The molecule has 1 amide bonds.